The SMILES string of the molecule is COC(=O)c1cn(C(=O)C(C)N(c2ccc(C)c(Cl)c2)S(C)(=O)=O)c2ccccc12. The van der Waals surface area contributed by atoms with Gasteiger partial charge in [0.05, 0.1) is 30.1 Å². The molecular formula is C21H21ClN2O5S. The monoisotopic (exact) mass is 448 g/mol. The van der Waals surface area contributed by atoms with Gasteiger partial charge in [0.25, 0.3) is 5.91 Å². The van der Waals surface area contributed by atoms with Gasteiger partial charge in [-0.1, -0.05) is 35.9 Å². The topological polar surface area (TPSA) is 85.7 Å². The summed E-state index contributed by atoms with van der Waals surface area (Å²) in [7, 11) is -2.56. The molecular weight excluding hydrogens is 428 g/mol. The van der Waals surface area contributed by atoms with Crippen LogP contribution in [-0.2, 0) is 14.8 Å². The van der Waals surface area contributed by atoms with E-state index in [1.165, 1.54) is 30.9 Å². The van der Waals surface area contributed by atoms with E-state index in [0.29, 0.717) is 15.9 Å². The number of aryl methyl sites for hydroxylation is 1. The number of nitrogens with zero attached hydrogens (tertiary/aromatic N) is 2. The molecule has 3 aromatic rings. The molecule has 0 amide bonds. The molecule has 0 radical (unpaired) electrons. The first-order chi connectivity index (χ1) is 14.1. The highest BCUT2D eigenvalue weighted by Gasteiger charge is 2.31. The Morgan fingerprint density at radius 3 is 2.43 bits per heavy atom. The predicted octanol–water partition coefficient (Wildman–Crippen LogP) is 3.88. The zero-order valence-corrected chi connectivity index (χ0v) is 18.5. The first-order valence-corrected chi connectivity index (χ1v) is 11.3. The number of ether oxygens (including phenoxy) is 1. The Morgan fingerprint density at radius 1 is 1.17 bits per heavy atom. The van der Waals surface area contributed by atoms with Crippen LogP contribution in [0, 0.1) is 6.92 Å². The van der Waals surface area contributed by atoms with Gasteiger partial charge < -0.3 is 4.74 Å². The second-order valence-electron chi connectivity index (χ2n) is 6.93. The predicted molar refractivity (Wildman–Crippen MR) is 117 cm³/mol. The number of hydrogen-bond donors (Lipinski definition) is 0. The maximum Gasteiger partial charge on any atom is 0.340 e. The van der Waals surface area contributed by atoms with E-state index in [4.69, 9.17) is 16.3 Å². The number of sulfonamides is 1. The van der Waals surface area contributed by atoms with E-state index >= 15 is 0 Å². The first-order valence-electron chi connectivity index (χ1n) is 9.04. The van der Waals surface area contributed by atoms with Crippen molar-refractivity contribution in [1.82, 2.24) is 4.57 Å². The summed E-state index contributed by atoms with van der Waals surface area (Å²) in [5.41, 5.74) is 1.76. The van der Waals surface area contributed by atoms with Crippen LogP contribution in [-0.4, -0.2) is 44.3 Å². The summed E-state index contributed by atoms with van der Waals surface area (Å²) < 4.78 is 32.3. The number of carbonyl (C=O) groups is 2. The number of anilines is 1. The number of benzene rings is 2. The molecule has 7 nitrogen and oxygen atoms in total. The minimum Gasteiger partial charge on any atom is -0.465 e. The Kier molecular flexibility index (Phi) is 5.92. The van der Waals surface area contributed by atoms with E-state index < -0.39 is 27.9 Å². The molecule has 0 aliphatic carbocycles. The van der Waals surface area contributed by atoms with E-state index in [-0.39, 0.29) is 11.3 Å². The summed E-state index contributed by atoms with van der Waals surface area (Å²) in [6.07, 6.45) is 2.40. The molecule has 0 saturated carbocycles. The number of methoxy groups -OCH3 is 1. The second kappa shape index (κ2) is 8.12. The van der Waals surface area contributed by atoms with Crippen molar-refractivity contribution in [3.05, 3.63) is 64.8 Å². The molecule has 0 fully saturated rings. The lowest BCUT2D eigenvalue weighted by molar-refractivity contribution is 0.0603. The fraction of sp³-hybridized carbons (Fsp3) is 0.238. The number of rotatable bonds is 5. The molecule has 2 aromatic carbocycles. The van der Waals surface area contributed by atoms with Gasteiger partial charge in [-0.3, -0.25) is 13.7 Å². The third-order valence-electron chi connectivity index (χ3n) is 4.83. The van der Waals surface area contributed by atoms with Gasteiger partial charge in [0, 0.05) is 16.6 Å². The largest absolute Gasteiger partial charge is 0.465 e. The lowest BCUT2D eigenvalue weighted by atomic mass is 10.2. The Balaban J connectivity index is 2.13. The second-order valence-corrected chi connectivity index (χ2v) is 9.19. The maximum atomic E-state index is 13.4. The number of carbonyl (C=O) groups excluding carboxylic acids is 2. The average molecular weight is 449 g/mol. The quantitative estimate of drug-likeness (QED) is 0.553. The molecule has 0 N–H and O–H groups in total. The van der Waals surface area contributed by atoms with Gasteiger partial charge in [0.1, 0.15) is 6.04 Å². The molecule has 9 heteroatoms. The number of halogens is 1. The van der Waals surface area contributed by atoms with Gasteiger partial charge >= 0.3 is 5.97 Å². The van der Waals surface area contributed by atoms with Crippen LogP contribution in [0.2, 0.25) is 5.02 Å². The Bertz CT molecular complexity index is 1250. The zero-order valence-electron chi connectivity index (χ0n) is 16.9. The van der Waals surface area contributed by atoms with Crippen LogP contribution in [0.15, 0.2) is 48.7 Å². The van der Waals surface area contributed by atoms with Gasteiger partial charge in [0.2, 0.25) is 10.0 Å². The van der Waals surface area contributed by atoms with Crippen LogP contribution in [0.3, 0.4) is 0 Å². The van der Waals surface area contributed by atoms with E-state index in [2.05, 4.69) is 0 Å². The molecule has 1 unspecified atom stereocenters. The van der Waals surface area contributed by atoms with Crippen LogP contribution in [0.25, 0.3) is 10.9 Å². The van der Waals surface area contributed by atoms with Crippen LogP contribution in [0.5, 0.6) is 0 Å². The zero-order chi connectivity index (χ0) is 22.2. The van der Waals surface area contributed by atoms with Crippen molar-refractivity contribution in [1.29, 1.82) is 0 Å². The highest BCUT2D eigenvalue weighted by molar-refractivity contribution is 7.92. The van der Waals surface area contributed by atoms with Gasteiger partial charge in [-0.2, -0.15) is 0 Å². The van der Waals surface area contributed by atoms with Crippen molar-refractivity contribution in [2.75, 3.05) is 17.7 Å². The van der Waals surface area contributed by atoms with Gasteiger partial charge in [-0.15, -0.1) is 0 Å². The van der Waals surface area contributed by atoms with Crippen molar-refractivity contribution in [2.45, 2.75) is 19.9 Å². The van der Waals surface area contributed by atoms with Gasteiger partial charge in [0.15, 0.2) is 0 Å². The minimum atomic E-state index is -3.82. The lowest BCUT2D eigenvalue weighted by Crippen LogP contribution is -2.44. The highest BCUT2D eigenvalue weighted by Crippen LogP contribution is 2.28. The minimum absolute atomic E-state index is 0.220. The summed E-state index contributed by atoms with van der Waals surface area (Å²) in [5, 5.41) is 0.925. The average Bonchev–Trinajstić information content (AvgIpc) is 3.08. The molecule has 0 spiro atoms. The third-order valence-corrected chi connectivity index (χ3v) is 6.48. The third kappa shape index (κ3) is 3.93. The molecule has 1 atom stereocenters. The van der Waals surface area contributed by atoms with E-state index in [9.17, 15) is 18.0 Å². The van der Waals surface area contributed by atoms with Gasteiger partial charge in [-0.25, -0.2) is 13.2 Å². The number of aromatic nitrogens is 1. The molecule has 158 valence electrons. The fourth-order valence-corrected chi connectivity index (χ4v) is 4.69. The number of hydrogen-bond acceptors (Lipinski definition) is 5. The van der Waals surface area contributed by atoms with Crippen molar-refractivity contribution >= 4 is 50.1 Å². The van der Waals surface area contributed by atoms with Crippen molar-refractivity contribution in [3.63, 3.8) is 0 Å². The molecule has 0 saturated heterocycles. The van der Waals surface area contributed by atoms with Crippen molar-refractivity contribution < 1.29 is 22.7 Å². The number of esters is 1. The summed E-state index contributed by atoms with van der Waals surface area (Å²) in [6, 6.07) is 10.5. The van der Waals surface area contributed by atoms with Gasteiger partial charge in [-0.05, 0) is 37.6 Å². The van der Waals surface area contributed by atoms with E-state index in [1.54, 1.807) is 43.3 Å². The summed E-state index contributed by atoms with van der Waals surface area (Å²) in [5.74, 6) is -1.11. The molecule has 3 rings (SSSR count). The number of fused-ring (bicyclic) bond motifs is 1. The summed E-state index contributed by atoms with van der Waals surface area (Å²) >= 11 is 6.18. The van der Waals surface area contributed by atoms with E-state index in [1.807, 2.05) is 0 Å². The molecule has 0 aliphatic heterocycles. The normalized spacial score (nSPS) is 12.6. The molecule has 0 aliphatic rings. The maximum absolute atomic E-state index is 13.4. The van der Waals surface area contributed by atoms with Crippen LogP contribution < -0.4 is 4.31 Å². The van der Waals surface area contributed by atoms with Crippen molar-refractivity contribution in [3.8, 4) is 0 Å². The molecule has 0 bridgehead atoms. The smallest absolute Gasteiger partial charge is 0.340 e. The standard InChI is InChI=1S/C21H21ClN2O5S/c1-13-9-10-15(11-18(13)22)24(30(4,27)28)14(2)20(25)23-12-17(21(26)29-3)16-7-5-6-8-19(16)23/h5-12,14H,1-4H3. The molecule has 1 aromatic heterocycles. The van der Waals surface area contributed by atoms with Crippen LogP contribution in [0.1, 0.15) is 27.6 Å². The Labute approximate surface area is 179 Å². The van der Waals surface area contributed by atoms with Crippen LogP contribution >= 0.6 is 11.6 Å². The Hall–Kier alpha value is -2.84. The molecule has 30 heavy (non-hydrogen) atoms. The molecule has 1 heterocycles. The van der Waals surface area contributed by atoms with Crippen molar-refractivity contribution in [2.24, 2.45) is 0 Å². The highest BCUT2D eigenvalue weighted by atomic mass is 35.5. The van der Waals surface area contributed by atoms with E-state index in [0.717, 1.165) is 16.1 Å². The Morgan fingerprint density at radius 2 is 1.83 bits per heavy atom. The number of para-hydroxylation sites is 1. The first kappa shape index (κ1) is 21.9. The van der Waals surface area contributed by atoms with Crippen LogP contribution in [0.4, 0.5) is 5.69 Å². The fourth-order valence-electron chi connectivity index (χ4n) is 3.36. The lowest BCUT2D eigenvalue weighted by Gasteiger charge is -2.28. The summed E-state index contributed by atoms with van der Waals surface area (Å²) in [6.45, 7) is 3.29. The summed E-state index contributed by atoms with van der Waals surface area (Å²) in [4.78, 5) is 25.5.